The molecule has 7 nitrogen and oxygen atoms in total. The molecule has 0 bridgehead atoms. The molecule has 0 spiro atoms. The van der Waals surface area contributed by atoms with Crippen LogP contribution >= 0.6 is 0 Å². The molecule has 0 aromatic heterocycles. The number of carboxylic acids is 1. The van der Waals surface area contributed by atoms with Gasteiger partial charge in [0, 0.05) is 18.1 Å². The zero-order chi connectivity index (χ0) is 18.4. The molecule has 1 amide bonds. The number of methoxy groups -OCH3 is 1. The topological polar surface area (TPSA) is 94.1 Å². The smallest absolute Gasteiger partial charge is 0.387 e. The Balaban J connectivity index is 2.13. The van der Waals surface area contributed by atoms with Gasteiger partial charge in [-0.15, -0.1) is 0 Å². The summed E-state index contributed by atoms with van der Waals surface area (Å²) in [7, 11) is 1.24. The van der Waals surface area contributed by atoms with E-state index in [9.17, 15) is 23.5 Å². The second kappa shape index (κ2) is 8.61. The van der Waals surface area contributed by atoms with Gasteiger partial charge in [-0.1, -0.05) is 0 Å². The lowest BCUT2D eigenvalue weighted by Crippen LogP contribution is -2.48. The minimum atomic E-state index is -3.03. The Hall–Kier alpha value is -2.42. The molecule has 1 fully saturated rings. The van der Waals surface area contributed by atoms with E-state index in [0.717, 1.165) is 6.42 Å². The first-order valence-electron chi connectivity index (χ1n) is 7.66. The highest BCUT2D eigenvalue weighted by atomic mass is 19.3. The van der Waals surface area contributed by atoms with Crippen LogP contribution in [0.25, 0.3) is 0 Å². The van der Waals surface area contributed by atoms with Gasteiger partial charge in [-0.05, 0) is 31.0 Å². The highest BCUT2D eigenvalue weighted by Gasteiger charge is 2.31. The molecule has 0 saturated carbocycles. The quantitative estimate of drug-likeness (QED) is 0.772. The number of carbonyl (C=O) groups is 2. The molecule has 2 N–H and O–H groups in total. The van der Waals surface area contributed by atoms with Crippen LogP contribution in [0.4, 0.5) is 8.78 Å². The van der Waals surface area contributed by atoms with Gasteiger partial charge in [0.15, 0.2) is 11.5 Å². The second-order valence-corrected chi connectivity index (χ2v) is 5.51. The molecule has 1 aromatic rings. The van der Waals surface area contributed by atoms with Gasteiger partial charge in [-0.25, -0.2) is 4.79 Å². The van der Waals surface area contributed by atoms with E-state index in [1.807, 2.05) is 0 Å². The van der Waals surface area contributed by atoms with Gasteiger partial charge in [-0.2, -0.15) is 8.78 Å². The Morgan fingerprint density at radius 1 is 1.36 bits per heavy atom. The van der Waals surface area contributed by atoms with Crippen molar-refractivity contribution in [2.45, 2.75) is 25.5 Å². The first-order valence-corrected chi connectivity index (χ1v) is 7.66. The number of ether oxygens (including phenoxy) is 3. The third-order valence-corrected chi connectivity index (χ3v) is 3.86. The van der Waals surface area contributed by atoms with Crippen molar-refractivity contribution in [3.05, 3.63) is 23.8 Å². The number of carboxylic acid groups (broad SMARTS) is 1. The van der Waals surface area contributed by atoms with Crippen LogP contribution in [0.2, 0.25) is 0 Å². The van der Waals surface area contributed by atoms with Gasteiger partial charge < -0.3 is 24.6 Å². The Morgan fingerprint density at radius 3 is 2.68 bits per heavy atom. The summed E-state index contributed by atoms with van der Waals surface area (Å²) < 4.78 is 39.1. The SMILES string of the molecule is COc1cc(C(=O)NC(C(=O)O)C2CCCOC2)ccc1OC(F)F. The van der Waals surface area contributed by atoms with E-state index in [0.29, 0.717) is 13.0 Å². The summed E-state index contributed by atoms with van der Waals surface area (Å²) in [6.07, 6.45) is 1.35. The zero-order valence-electron chi connectivity index (χ0n) is 13.5. The molecule has 2 unspecified atom stereocenters. The molecule has 1 heterocycles. The second-order valence-electron chi connectivity index (χ2n) is 5.51. The van der Waals surface area contributed by atoms with Gasteiger partial charge in [0.1, 0.15) is 6.04 Å². The fraction of sp³-hybridized carbons (Fsp3) is 0.500. The highest BCUT2D eigenvalue weighted by Crippen LogP contribution is 2.29. The van der Waals surface area contributed by atoms with Gasteiger partial charge in [0.05, 0.1) is 13.7 Å². The minimum Gasteiger partial charge on any atom is -0.493 e. The maximum atomic E-state index is 12.3. The van der Waals surface area contributed by atoms with Crippen LogP contribution in [0.3, 0.4) is 0 Å². The number of rotatable bonds is 7. The first kappa shape index (κ1) is 18.9. The highest BCUT2D eigenvalue weighted by molar-refractivity contribution is 5.97. The average molecular weight is 359 g/mol. The molecule has 1 aliphatic rings. The van der Waals surface area contributed by atoms with Crippen LogP contribution in [0.15, 0.2) is 18.2 Å². The number of hydrogen-bond acceptors (Lipinski definition) is 5. The average Bonchev–Trinajstić information content (AvgIpc) is 2.59. The molecule has 1 aliphatic heterocycles. The predicted octanol–water partition coefficient (Wildman–Crippen LogP) is 1.91. The number of amides is 1. The summed E-state index contributed by atoms with van der Waals surface area (Å²) in [5.74, 6) is -2.42. The molecular formula is C16H19F2NO6. The van der Waals surface area contributed by atoms with Crippen LogP contribution in [0.1, 0.15) is 23.2 Å². The summed E-state index contributed by atoms with van der Waals surface area (Å²) in [5.41, 5.74) is 0.0708. The van der Waals surface area contributed by atoms with E-state index < -0.39 is 24.5 Å². The lowest BCUT2D eigenvalue weighted by molar-refractivity contribution is -0.142. The summed E-state index contributed by atoms with van der Waals surface area (Å²) in [4.78, 5) is 23.8. The summed E-state index contributed by atoms with van der Waals surface area (Å²) in [6.45, 7) is -2.21. The van der Waals surface area contributed by atoms with Crippen molar-refractivity contribution < 1.29 is 37.7 Å². The monoisotopic (exact) mass is 359 g/mol. The molecule has 1 saturated heterocycles. The number of aliphatic carboxylic acids is 1. The van der Waals surface area contributed by atoms with E-state index in [1.165, 1.54) is 25.3 Å². The summed E-state index contributed by atoms with van der Waals surface area (Å²) in [6, 6.07) is 2.53. The molecule has 2 rings (SSSR count). The van der Waals surface area contributed by atoms with E-state index in [1.54, 1.807) is 0 Å². The molecule has 1 aromatic carbocycles. The lowest BCUT2D eigenvalue weighted by atomic mass is 9.93. The van der Waals surface area contributed by atoms with E-state index in [2.05, 4.69) is 10.1 Å². The van der Waals surface area contributed by atoms with Crippen LogP contribution in [0, 0.1) is 5.92 Å². The van der Waals surface area contributed by atoms with E-state index in [4.69, 9.17) is 9.47 Å². The van der Waals surface area contributed by atoms with Gasteiger partial charge >= 0.3 is 12.6 Å². The Bertz CT molecular complexity index is 619. The van der Waals surface area contributed by atoms with Crippen molar-refractivity contribution in [2.24, 2.45) is 5.92 Å². The van der Waals surface area contributed by atoms with Gasteiger partial charge in [-0.3, -0.25) is 4.79 Å². The number of benzene rings is 1. The fourth-order valence-corrected chi connectivity index (χ4v) is 2.64. The normalized spacial score (nSPS) is 18.5. The van der Waals surface area contributed by atoms with Crippen molar-refractivity contribution in [2.75, 3.05) is 20.3 Å². The molecule has 138 valence electrons. The standard InChI is InChI=1S/C16H19F2NO6/c1-23-12-7-9(4-5-11(12)25-16(17)18)14(20)19-13(15(21)22)10-3-2-6-24-8-10/h4-5,7,10,13,16H,2-3,6,8H2,1H3,(H,19,20)(H,21,22). The van der Waals surface area contributed by atoms with Crippen molar-refractivity contribution in [1.29, 1.82) is 0 Å². The zero-order valence-corrected chi connectivity index (χ0v) is 13.5. The van der Waals surface area contributed by atoms with Gasteiger partial charge in [0.25, 0.3) is 5.91 Å². The number of nitrogens with one attached hydrogen (secondary N) is 1. The predicted molar refractivity (Wildman–Crippen MR) is 82.1 cm³/mol. The Kier molecular flexibility index (Phi) is 6.51. The lowest BCUT2D eigenvalue weighted by Gasteiger charge is -2.28. The van der Waals surface area contributed by atoms with Crippen LogP contribution in [0.5, 0.6) is 11.5 Å². The Morgan fingerprint density at radius 2 is 2.12 bits per heavy atom. The molecule has 2 atom stereocenters. The van der Waals surface area contributed by atoms with E-state index >= 15 is 0 Å². The van der Waals surface area contributed by atoms with E-state index in [-0.39, 0.29) is 29.6 Å². The number of halogens is 2. The van der Waals surface area contributed by atoms with Gasteiger partial charge in [0.2, 0.25) is 0 Å². The molecule has 0 aliphatic carbocycles. The van der Waals surface area contributed by atoms with Crippen molar-refractivity contribution >= 4 is 11.9 Å². The molecular weight excluding hydrogens is 340 g/mol. The number of hydrogen-bond donors (Lipinski definition) is 2. The maximum Gasteiger partial charge on any atom is 0.387 e. The fourth-order valence-electron chi connectivity index (χ4n) is 2.64. The summed E-state index contributed by atoms with van der Waals surface area (Å²) >= 11 is 0. The van der Waals surface area contributed by atoms with Crippen LogP contribution in [-0.4, -0.2) is 50.0 Å². The molecule has 9 heteroatoms. The molecule has 25 heavy (non-hydrogen) atoms. The minimum absolute atomic E-state index is 0.0548. The number of carbonyl (C=O) groups excluding carboxylic acids is 1. The molecule has 0 radical (unpaired) electrons. The first-order chi connectivity index (χ1) is 11.9. The Labute approximate surface area is 142 Å². The number of alkyl halides is 2. The summed E-state index contributed by atoms with van der Waals surface area (Å²) in [5, 5.41) is 11.8. The van der Waals surface area contributed by atoms with Crippen LogP contribution in [-0.2, 0) is 9.53 Å². The third kappa shape index (κ3) is 5.02. The largest absolute Gasteiger partial charge is 0.493 e. The van der Waals surface area contributed by atoms with Crippen molar-refractivity contribution in [1.82, 2.24) is 5.32 Å². The van der Waals surface area contributed by atoms with Crippen molar-refractivity contribution in [3.63, 3.8) is 0 Å². The van der Waals surface area contributed by atoms with Crippen LogP contribution < -0.4 is 14.8 Å². The van der Waals surface area contributed by atoms with Crippen molar-refractivity contribution in [3.8, 4) is 11.5 Å². The maximum absolute atomic E-state index is 12.3. The third-order valence-electron chi connectivity index (χ3n) is 3.86.